The number of hydrogen-bond acceptors (Lipinski definition) is 4. The maximum absolute atomic E-state index is 12.9. The molecule has 0 saturated carbocycles. The molecule has 2 aromatic carbocycles. The lowest BCUT2D eigenvalue weighted by Crippen LogP contribution is -2.22. The van der Waals surface area contributed by atoms with Gasteiger partial charge in [0.15, 0.2) is 0 Å². The second kappa shape index (κ2) is 8.06. The van der Waals surface area contributed by atoms with Crippen LogP contribution in [0.25, 0.3) is 16.4 Å². The number of rotatable bonds is 5. The number of carbonyl (C=O) groups excluding carboxylic acids is 1. The summed E-state index contributed by atoms with van der Waals surface area (Å²) in [5, 5.41) is 8.86. The number of hydrogen-bond donors (Lipinski definition) is 2. The first-order chi connectivity index (χ1) is 14.0. The third-order valence-corrected chi connectivity index (χ3v) is 5.49. The number of carbonyl (C=O) groups is 1. The first-order valence-electron chi connectivity index (χ1n) is 8.88. The first kappa shape index (κ1) is 19.2. The predicted octanol–water partition coefficient (Wildman–Crippen LogP) is 4.43. The molecule has 0 fully saturated rings. The molecule has 6 nitrogen and oxygen atoms in total. The van der Waals surface area contributed by atoms with Gasteiger partial charge in [-0.1, -0.05) is 41.9 Å². The Hall–Kier alpha value is -3.16. The molecule has 0 unspecified atom stereocenters. The number of anilines is 1. The second-order valence-electron chi connectivity index (χ2n) is 6.47. The van der Waals surface area contributed by atoms with Gasteiger partial charge < -0.3 is 5.32 Å². The highest BCUT2D eigenvalue weighted by Crippen LogP contribution is 2.25. The summed E-state index contributed by atoms with van der Waals surface area (Å²) in [4.78, 5) is 29.8. The average Bonchev–Trinajstić information content (AvgIpc) is 3.30. The van der Waals surface area contributed by atoms with E-state index in [0.717, 1.165) is 11.3 Å². The van der Waals surface area contributed by atoms with Crippen molar-refractivity contribution in [3.05, 3.63) is 86.6 Å². The number of aromatic amines is 1. The lowest BCUT2D eigenvalue weighted by molar-refractivity contribution is -0.115. The van der Waals surface area contributed by atoms with Crippen LogP contribution < -0.4 is 10.9 Å². The largest absolute Gasteiger partial charge is 0.326 e. The Kier molecular flexibility index (Phi) is 5.33. The fraction of sp³-hybridized carbons (Fsp3) is 0.0952. The number of para-hydroxylation sites is 1. The zero-order valence-corrected chi connectivity index (χ0v) is 17.1. The van der Waals surface area contributed by atoms with Crippen molar-refractivity contribution in [1.82, 2.24) is 14.8 Å². The van der Waals surface area contributed by atoms with Gasteiger partial charge in [0.05, 0.1) is 12.1 Å². The predicted molar refractivity (Wildman–Crippen MR) is 116 cm³/mol. The number of aromatic nitrogens is 3. The molecule has 0 aliphatic heterocycles. The van der Waals surface area contributed by atoms with Gasteiger partial charge in [-0.25, -0.2) is 4.98 Å². The molecule has 2 heterocycles. The number of aryl methyl sites for hydroxylation is 1. The van der Waals surface area contributed by atoms with Crippen molar-refractivity contribution in [3.8, 4) is 16.4 Å². The molecule has 2 aromatic heterocycles. The molecule has 4 aromatic rings. The van der Waals surface area contributed by atoms with Crippen LogP contribution in [0.5, 0.6) is 0 Å². The van der Waals surface area contributed by atoms with Gasteiger partial charge in [0.1, 0.15) is 0 Å². The first-order valence-corrected chi connectivity index (χ1v) is 10.1. The fourth-order valence-corrected chi connectivity index (χ4v) is 3.85. The Morgan fingerprint density at radius 1 is 1.17 bits per heavy atom. The maximum atomic E-state index is 12.9. The Morgan fingerprint density at radius 2 is 1.90 bits per heavy atom. The Morgan fingerprint density at radius 3 is 2.62 bits per heavy atom. The van der Waals surface area contributed by atoms with E-state index in [0.29, 0.717) is 27.1 Å². The van der Waals surface area contributed by atoms with E-state index < -0.39 is 0 Å². The molecule has 2 N–H and O–H groups in total. The fourth-order valence-electron chi connectivity index (χ4n) is 2.93. The highest BCUT2D eigenvalue weighted by atomic mass is 35.5. The summed E-state index contributed by atoms with van der Waals surface area (Å²) in [6.45, 7) is 1.77. The lowest BCUT2D eigenvalue weighted by Gasteiger charge is -2.03. The topological polar surface area (TPSA) is 79.8 Å². The van der Waals surface area contributed by atoms with Crippen LogP contribution in [0.3, 0.4) is 0 Å². The van der Waals surface area contributed by atoms with Gasteiger partial charge in [-0.3, -0.25) is 14.7 Å². The molecule has 0 aliphatic rings. The van der Waals surface area contributed by atoms with Crippen molar-refractivity contribution in [2.45, 2.75) is 13.3 Å². The molecule has 8 heteroatoms. The van der Waals surface area contributed by atoms with Crippen LogP contribution in [0.2, 0.25) is 5.02 Å². The minimum atomic E-state index is -0.275. The molecule has 0 bridgehead atoms. The van der Waals surface area contributed by atoms with Crippen molar-refractivity contribution < 1.29 is 4.79 Å². The van der Waals surface area contributed by atoms with E-state index in [1.807, 2.05) is 35.7 Å². The van der Waals surface area contributed by atoms with Crippen LogP contribution in [0.1, 0.15) is 11.3 Å². The third-order valence-electron chi connectivity index (χ3n) is 4.41. The van der Waals surface area contributed by atoms with E-state index in [-0.39, 0.29) is 17.9 Å². The second-order valence-corrected chi connectivity index (χ2v) is 7.74. The van der Waals surface area contributed by atoms with E-state index >= 15 is 0 Å². The van der Waals surface area contributed by atoms with Crippen LogP contribution in [-0.2, 0) is 11.2 Å². The summed E-state index contributed by atoms with van der Waals surface area (Å²) < 4.78 is 1.38. The molecule has 0 saturated heterocycles. The number of H-pyrrole nitrogens is 1. The van der Waals surface area contributed by atoms with E-state index in [2.05, 4.69) is 15.4 Å². The summed E-state index contributed by atoms with van der Waals surface area (Å²) in [5.74, 6) is -0.247. The van der Waals surface area contributed by atoms with Crippen molar-refractivity contribution in [2.75, 3.05) is 5.32 Å². The summed E-state index contributed by atoms with van der Waals surface area (Å²) in [6.07, 6.45) is -0.0154. The molecule has 0 radical (unpaired) electrons. The van der Waals surface area contributed by atoms with Gasteiger partial charge in [-0.2, -0.15) is 4.68 Å². The van der Waals surface area contributed by atoms with Gasteiger partial charge >= 0.3 is 0 Å². The quantitative estimate of drug-likeness (QED) is 0.497. The summed E-state index contributed by atoms with van der Waals surface area (Å²) in [6, 6.07) is 16.5. The molecule has 0 aliphatic carbocycles. The number of nitrogens with one attached hydrogen (secondary N) is 2. The number of nitrogens with zero attached hydrogens (tertiary/aromatic N) is 2. The van der Waals surface area contributed by atoms with E-state index in [1.54, 1.807) is 31.2 Å². The molecule has 146 valence electrons. The lowest BCUT2D eigenvalue weighted by atomic mass is 10.2. The smallest absolute Gasteiger partial charge is 0.277 e. The average molecular weight is 425 g/mol. The van der Waals surface area contributed by atoms with Crippen LogP contribution in [0.4, 0.5) is 5.69 Å². The minimum absolute atomic E-state index is 0.0154. The molecule has 0 atom stereocenters. The Balaban J connectivity index is 1.57. The minimum Gasteiger partial charge on any atom is -0.326 e. The molecular formula is C21H17ClN4O2S. The Labute approximate surface area is 175 Å². The van der Waals surface area contributed by atoms with Gasteiger partial charge in [-0.05, 0) is 31.2 Å². The standard InChI is InChI=1S/C21H17ClN4O2S/c1-13-17(11-19(27)23-16-5-3-2-4-6-16)20(28)26(25-13)21-24-18(12-29-21)14-7-9-15(22)10-8-14/h2-10,12,25H,11H2,1H3,(H,23,27). The Bertz CT molecular complexity index is 1210. The van der Waals surface area contributed by atoms with Crippen LogP contribution >= 0.6 is 22.9 Å². The normalized spacial score (nSPS) is 10.8. The summed E-state index contributed by atoms with van der Waals surface area (Å²) in [7, 11) is 0. The molecule has 1 amide bonds. The number of amides is 1. The van der Waals surface area contributed by atoms with Crippen LogP contribution in [0, 0.1) is 6.92 Å². The highest BCUT2D eigenvalue weighted by Gasteiger charge is 2.18. The van der Waals surface area contributed by atoms with E-state index in [9.17, 15) is 9.59 Å². The summed E-state index contributed by atoms with van der Waals surface area (Å²) >= 11 is 7.28. The highest BCUT2D eigenvalue weighted by molar-refractivity contribution is 7.12. The van der Waals surface area contributed by atoms with Crippen molar-refractivity contribution in [3.63, 3.8) is 0 Å². The molecular weight excluding hydrogens is 408 g/mol. The molecule has 0 spiro atoms. The number of halogens is 1. The van der Waals surface area contributed by atoms with Crippen molar-refractivity contribution in [2.24, 2.45) is 0 Å². The number of benzene rings is 2. The third kappa shape index (κ3) is 4.16. The molecule has 4 rings (SSSR count). The van der Waals surface area contributed by atoms with Crippen molar-refractivity contribution >= 4 is 34.5 Å². The van der Waals surface area contributed by atoms with E-state index in [1.165, 1.54) is 16.0 Å². The zero-order valence-electron chi connectivity index (χ0n) is 15.5. The van der Waals surface area contributed by atoms with Gasteiger partial charge in [0.25, 0.3) is 5.56 Å². The van der Waals surface area contributed by atoms with E-state index in [4.69, 9.17) is 11.6 Å². The number of thiazole rings is 1. The van der Waals surface area contributed by atoms with Crippen molar-refractivity contribution in [1.29, 1.82) is 0 Å². The van der Waals surface area contributed by atoms with Gasteiger partial charge in [-0.15, -0.1) is 11.3 Å². The van der Waals surface area contributed by atoms with Gasteiger partial charge in [0.2, 0.25) is 11.0 Å². The van der Waals surface area contributed by atoms with Crippen LogP contribution in [0.15, 0.2) is 64.8 Å². The SMILES string of the molecule is Cc1[nH]n(-c2nc(-c3ccc(Cl)cc3)cs2)c(=O)c1CC(=O)Nc1ccccc1. The van der Waals surface area contributed by atoms with Crippen LogP contribution in [-0.4, -0.2) is 20.7 Å². The summed E-state index contributed by atoms with van der Waals surface area (Å²) in [5.41, 5.74) is 3.14. The monoisotopic (exact) mass is 424 g/mol. The maximum Gasteiger partial charge on any atom is 0.277 e. The molecule has 29 heavy (non-hydrogen) atoms. The van der Waals surface area contributed by atoms with Gasteiger partial charge in [0, 0.05) is 32.9 Å². The zero-order chi connectivity index (χ0) is 20.4.